The van der Waals surface area contributed by atoms with Gasteiger partial charge in [-0.2, -0.15) is 5.10 Å². The summed E-state index contributed by atoms with van der Waals surface area (Å²) in [6, 6.07) is 15.1. The minimum Gasteiger partial charge on any atom is -0.378 e. The summed E-state index contributed by atoms with van der Waals surface area (Å²) >= 11 is 12.2. The van der Waals surface area contributed by atoms with Gasteiger partial charge in [0.2, 0.25) is 0 Å². The number of pyridine rings is 2. The predicted octanol–water partition coefficient (Wildman–Crippen LogP) is 5.41. The number of nitrogens with zero attached hydrogens (tertiary/aromatic N) is 5. The molecule has 0 aliphatic carbocycles. The molecule has 0 spiro atoms. The van der Waals surface area contributed by atoms with Gasteiger partial charge in [0.25, 0.3) is 0 Å². The fraction of sp³-hybridized carbons (Fsp3) is 0.0909. The van der Waals surface area contributed by atoms with Gasteiger partial charge in [-0.15, -0.1) is 0 Å². The van der Waals surface area contributed by atoms with Crippen LogP contribution in [0.2, 0.25) is 10.0 Å². The van der Waals surface area contributed by atoms with E-state index in [1.165, 1.54) is 6.33 Å². The molecule has 4 aromatic heterocycles. The number of rotatable bonds is 5. The summed E-state index contributed by atoms with van der Waals surface area (Å²) in [6.07, 6.45) is 3.43. The molecule has 0 saturated carbocycles. The average Bonchev–Trinajstić information content (AvgIpc) is 3.38. The maximum absolute atomic E-state index is 6.10. The smallest absolute Gasteiger partial charge is 0.155 e. The lowest BCUT2D eigenvalue weighted by atomic mass is 10.1. The fourth-order valence-corrected chi connectivity index (χ4v) is 3.91. The Kier molecular flexibility index (Phi) is 5.05. The van der Waals surface area contributed by atoms with E-state index in [0.717, 1.165) is 45.5 Å². The van der Waals surface area contributed by atoms with Crippen LogP contribution in [0.3, 0.4) is 0 Å². The Labute approximate surface area is 188 Å². The Morgan fingerprint density at radius 2 is 1.87 bits per heavy atom. The van der Waals surface area contributed by atoms with E-state index in [4.69, 9.17) is 28.2 Å². The number of aromatic nitrogens is 6. The topological polar surface area (TPSA) is 83.8 Å². The van der Waals surface area contributed by atoms with Gasteiger partial charge < -0.3 is 10.3 Å². The lowest BCUT2D eigenvalue weighted by Crippen LogP contribution is -2.01. The Morgan fingerprint density at radius 3 is 2.68 bits per heavy atom. The molecule has 0 unspecified atom stereocenters. The van der Waals surface area contributed by atoms with Crippen LogP contribution in [-0.2, 0) is 6.54 Å². The zero-order valence-corrected chi connectivity index (χ0v) is 18.0. The molecule has 0 saturated heterocycles. The second-order valence-corrected chi connectivity index (χ2v) is 7.94. The standard InChI is InChI=1S/C22H17Cl2N7/c1-13-3-2-4-18(28-13)22-21(14-5-6-20-26-12-27-31(20)11-14)29-19(30-22)10-25-17-8-15(23)7-16(24)9-17/h2-9,11-12,25H,10H2,1H3,(H,29,30). The maximum Gasteiger partial charge on any atom is 0.155 e. The van der Waals surface area contributed by atoms with Gasteiger partial charge in [0.1, 0.15) is 12.2 Å². The van der Waals surface area contributed by atoms with Gasteiger partial charge in [0.05, 0.1) is 23.6 Å². The van der Waals surface area contributed by atoms with E-state index >= 15 is 0 Å². The molecular weight excluding hydrogens is 433 g/mol. The van der Waals surface area contributed by atoms with Crippen LogP contribution in [0.5, 0.6) is 0 Å². The van der Waals surface area contributed by atoms with Crippen LogP contribution in [0.4, 0.5) is 5.69 Å². The number of anilines is 1. The summed E-state index contributed by atoms with van der Waals surface area (Å²) in [6.45, 7) is 2.42. The predicted molar refractivity (Wildman–Crippen MR) is 122 cm³/mol. The molecule has 0 bridgehead atoms. The molecule has 5 aromatic rings. The zero-order chi connectivity index (χ0) is 21.4. The van der Waals surface area contributed by atoms with E-state index in [0.29, 0.717) is 16.6 Å². The summed E-state index contributed by atoms with van der Waals surface area (Å²) < 4.78 is 1.73. The monoisotopic (exact) mass is 449 g/mol. The van der Waals surface area contributed by atoms with Gasteiger partial charge in [-0.3, -0.25) is 4.98 Å². The summed E-state index contributed by atoms with van der Waals surface area (Å²) in [7, 11) is 0. The minimum atomic E-state index is 0.459. The number of aryl methyl sites for hydroxylation is 1. The van der Waals surface area contributed by atoms with Gasteiger partial charge in [-0.05, 0) is 49.4 Å². The number of fused-ring (bicyclic) bond motifs is 1. The highest BCUT2D eigenvalue weighted by molar-refractivity contribution is 6.35. The number of nitrogens with one attached hydrogen (secondary N) is 2. The first kappa shape index (κ1) is 19.5. The first-order chi connectivity index (χ1) is 15.0. The third kappa shape index (κ3) is 4.10. The van der Waals surface area contributed by atoms with Crippen molar-refractivity contribution in [2.24, 2.45) is 0 Å². The number of benzene rings is 1. The van der Waals surface area contributed by atoms with Crippen LogP contribution in [0, 0.1) is 6.92 Å². The summed E-state index contributed by atoms with van der Waals surface area (Å²) in [5.74, 6) is 0.753. The molecule has 1 aromatic carbocycles. The lowest BCUT2D eigenvalue weighted by Gasteiger charge is -2.05. The highest BCUT2D eigenvalue weighted by atomic mass is 35.5. The van der Waals surface area contributed by atoms with E-state index in [2.05, 4.69) is 25.4 Å². The van der Waals surface area contributed by atoms with Crippen LogP contribution in [-0.4, -0.2) is 29.5 Å². The largest absolute Gasteiger partial charge is 0.378 e. The third-order valence-corrected chi connectivity index (χ3v) is 5.20. The quantitative estimate of drug-likeness (QED) is 0.374. The minimum absolute atomic E-state index is 0.459. The number of halogens is 2. The van der Waals surface area contributed by atoms with Crippen molar-refractivity contribution in [2.75, 3.05) is 5.32 Å². The van der Waals surface area contributed by atoms with Crippen molar-refractivity contribution in [2.45, 2.75) is 13.5 Å². The van der Waals surface area contributed by atoms with Crippen molar-refractivity contribution in [3.05, 3.63) is 82.6 Å². The Hall–Kier alpha value is -3.42. The molecule has 7 nitrogen and oxygen atoms in total. The van der Waals surface area contributed by atoms with Crippen molar-refractivity contribution in [3.63, 3.8) is 0 Å². The molecule has 9 heteroatoms. The first-order valence-electron chi connectivity index (χ1n) is 9.58. The molecule has 5 rings (SSSR count). The van der Waals surface area contributed by atoms with Gasteiger partial charge >= 0.3 is 0 Å². The molecule has 0 radical (unpaired) electrons. The third-order valence-electron chi connectivity index (χ3n) is 4.77. The molecule has 0 atom stereocenters. The number of hydrogen-bond donors (Lipinski definition) is 2. The summed E-state index contributed by atoms with van der Waals surface area (Å²) in [5, 5.41) is 8.69. The van der Waals surface area contributed by atoms with Crippen molar-refractivity contribution in [3.8, 4) is 22.6 Å². The molecule has 0 aliphatic heterocycles. The van der Waals surface area contributed by atoms with Crippen molar-refractivity contribution in [1.29, 1.82) is 0 Å². The molecule has 0 fully saturated rings. The first-order valence-corrected chi connectivity index (χ1v) is 10.3. The van der Waals surface area contributed by atoms with Crippen molar-refractivity contribution < 1.29 is 0 Å². The van der Waals surface area contributed by atoms with E-state index in [9.17, 15) is 0 Å². The number of aromatic amines is 1. The SMILES string of the molecule is Cc1cccc(-c2[nH]c(CNc3cc(Cl)cc(Cl)c3)nc2-c2ccc3ncnn3c2)n1. The summed E-state index contributed by atoms with van der Waals surface area (Å²) in [5.41, 5.74) is 5.87. The normalized spacial score (nSPS) is 11.2. The van der Waals surface area contributed by atoms with E-state index in [-0.39, 0.29) is 0 Å². The molecule has 0 aliphatic rings. The number of imidazole rings is 1. The van der Waals surface area contributed by atoms with Gasteiger partial charge in [0, 0.05) is 33.2 Å². The van der Waals surface area contributed by atoms with Crippen LogP contribution in [0.25, 0.3) is 28.3 Å². The maximum atomic E-state index is 6.10. The molecular formula is C22H17Cl2N7. The second kappa shape index (κ2) is 8.02. The van der Waals surface area contributed by atoms with Crippen LogP contribution >= 0.6 is 23.2 Å². The van der Waals surface area contributed by atoms with E-state index in [1.54, 1.807) is 10.6 Å². The van der Waals surface area contributed by atoms with Crippen molar-refractivity contribution >= 4 is 34.5 Å². The molecule has 154 valence electrons. The lowest BCUT2D eigenvalue weighted by molar-refractivity contribution is 0.960. The van der Waals surface area contributed by atoms with Gasteiger partial charge in [-0.25, -0.2) is 14.5 Å². The highest BCUT2D eigenvalue weighted by Gasteiger charge is 2.16. The van der Waals surface area contributed by atoms with Gasteiger partial charge in [-0.1, -0.05) is 29.3 Å². The van der Waals surface area contributed by atoms with Crippen LogP contribution in [0.15, 0.2) is 61.1 Å². The zero-order valence-electron chi connectivity index (χ0n) is 16.5. The van der Waals surface area contributed by atoms with Crippen LogP contribution in [0.1, 0.15) is 11.5 Å². The Morgan fingerprint density at radius 1 is 1.03 bits per heavy atom. The summed E-state index contributed by atoms with van der Waals surface area (Å²) in [4.78, 5) is 17.2. The Balaban J connectivity index is 1.54. The molecule has 0 amide bonds. The molecule has 4 heterocycles. The van der Waals surface area contributed by atoms with E-state index in [1.807, 2.05) is 55.6 Å². The number of hydrogen-bond acceptors (Lipinski definition) is 5. The Bertz CT molecular complexity index is 1370. The number of H-pyrrole nitrogens is 1. The van der Waals surface area contributed by atoms with Crippen LogP contribution < -0.4 is 5.32 Å². The average molecular weight is 450 g/mol. The fourth-order valence-electron chi connectivity index (χ4n) is 3.38. The second-order valence-electron chi connectivity index (χ2n) is 7.06. The molecule has 31 heavy (non-hydrogen) atoms. The van der Waals surface area contributed by atoms with Crippen molar-refractivity contribution in [1.82, 2.24) is 29.5 Å². The van der Waals surface area contributed by atoms with E-state index < -0.39 is 0 Å². The molecule has 2 N–H and O–H groups in total. The van der Waals surface area contributed by atoms with Gasteiger partial charge in [0.15, 0.2) is 5.65 Å². The highest BCUT2D eigenvalue weighted by Crippen LogP contribution is 2.30.